The molecule has 132 valence electrons. The molecule has 2 fully saturated rings. The lowest BCUT2D eigenvalue weighted by atomic mass is 9.53. The lowest BCUT2D eigenvalue weighted by Gasteiger charge is -2.52. The van der Waals surface area contributed by atoms with Crippen LogP contribution in [-0.2, 0) is 16.0 Å². The Kier molecular flexibility index (Phi) is 3.65. The zero-order valence-corrected chi connectivity index (χ0v) is 15.0. The normalized spacial score (nSPS) is 38.8. The van der Waals surface area contributed by atoms with E-state index in [1.54, 1.807) is 0 Å². The van der Waals surface area contributed by atoms with Gasteiger partial charge in [-0.2, -0.15) is 0 Å². The van der Waals surface area contributed by atoms with Crippen LogP contribution >= 0.6 is 0 Å². The van der Waals surface area contributed by atoms with Gasteiger partial charge in [-0.1, -0.05) is 18.9 Å². The van der Waals surface area contributed by atoms with E-state index in [0.717, 1.165) is 38.5 Å². The molecule has 0 bridgehead atoms. The predicted molar refractivity (Wildman–Crippen MR) is 96.1 cm³/mol. The van der Waals surface area contributed by atoms with E-state index in [2.05, 4.69) is 18.9 Å². The van der Waals surface area contributed by atoms with Crippen molar-refractivity contribution in [2.24, 2.45) is 17.3 Å². The summed E-state index contributed by atoms with van der Waals surface area (Å²) in [6, 6.07) is 5.85. The van der Waals surface area contributed by atoms with Gasteiger partial charge in [-0.3, -0.25) is 4.79 Å². The summed E-state index contributed by atoms with van der Waals surface area (Å²) in [5.74, 6) is 4.59. The number of esters is 1. The molecule has 0 heterocycles. The minimum Gasteiger partial charge on any atom is -0.508 e. The molecule has 0 radical (unpaired) electrons. The summed E-state index contributed by atoms with van der Waals surface area (Å²) in [5.41, 5.74) is 1.82. The molecule has 0 saturated heterocycles. The van der Waals surface area contributed by atoms with Crippen molar-refractivity contribution in [1.29, 1.82) is 0 Å². The van der Waals surface area contributed by atoms with Crippen LogP contribution < -0.4 is 0 Å². The Bertz CT molecular complexity index is 761. The third-order valence-corrected chi connectivity index (χ3v) is 7.38. The molecule has 3 aliphatic carbocycles. The van der Waals surface area contributed by atoms with Crippen LogP contribution in [-0.4, -0.2) is 16.7 Å². The number of benzene rings is 1. The number of hydrogen-bond donors (Lipinski definition) is 1. The summed E-state index contributed by atoms with van der Waals surface area (Å²) in [4.78, 5) is 11.7. The highest BCUT2D eigenvalue weighted by molar-refractivity contribution is 5.67. The average Bonchev–Trinajstić information content (AvgIpc) is 2.87. The van der Waals surface area contributed by atoms with Gasteiger partial charge in [0.1, 0.15) is 5.75 Å². The van der Waals surface area contributed by atoms with E-state index in [4.69, 9.17) is 11.2 Å². The number of phenols is 1. The second-order valence-electron chi connectivity index (χ2n) is 8.36. The standard InChI is InChI=1S/C22H26O3/c1-4-22(25-14(2)23)12-10-20-19-7-5-15-13-16(24)6-8-17(15)18(19)9-11-21(20,22)3/h1,6,8,13,18-20,24H,5,7,9-12H2,2-3H3/t18-,19+,20+,21+,22+/m1/s1. The molecule has 3 aliphatic rings. The minimum atomic E-state index is -0.746. The Morgan fingerprint density at radius 1 is 1.32 bits per heavy atom. The summed E-state index contributed by atoms with van der Waals surface area (Å²) in [6.45, 7) is 3.71. The molecular weight excluding hydrogens is 312 g/mol. The van der Waals surface area contributed by atoms with Crippen LogP contribution in [0.1, 0.15) is 63.0 Å². The number of hydrogen-bond acceptors (Lipinski definition) is 3. The van der Waals surface area contributed by atoms with Crippen molar-refractivity contribution in [2.75, 3.05) is 0 Å². The van der Waals surface area contributed by atoms with Gasteiger partial charge >= 0.3 is 5.97 Å². The van der Waals surface area contributed by atoms with E-state index < -0.39 is 5.60 Å². The number of terminal acetylenes is 1. The van der Waals surface area contributed by atoms with Gasteiger partial charge in [0.2, 0.25) is 0 Å². The summed E-state index contributed by atoms with van der Waals surface area (Å²) in [5, 5.41) is 9.79. The Hall–Kier alpha value is -1.95. The molecule has 0 unspecified atom stereocenters. The van der Waals surface area contributed by atoms with Gasteiger partial charge in [0.15, 0.2) is 5.60 Å². The van der Waals surface area contributed by atoms with Gasteiger partial charge in [0.05, 0.1) is 0 Å². The van der Waals surface area contributed by atoms with Crippen LogP contribution in [0.25, 0.3) is 0 Å². The van der Waals surface area contributed by atoms with E-state index >= 15 is 0 Å². The van der Waals surface area contributed by atoms with Crippen molar-refractivity contribution in [1.82, 2.24) is 0 Å². The topological polar surface area (TPSA) is 46.5 Å². The Labute approximate surface area is 149 Å². The molecule has 1 aromatic rings. The third kappa shape index (κ3) is 2.23. The molecule has 1 aromatic carbocycles. The lowest BCUT2D eigenvalue weighted by molar-refractivity contribution is -0.165. The van der Waals surface area contributed by atoms with E-state index in [9.17, 15) is 9.90 Å². The Balaban J connectivity index is 1.70. The first kappa shape index (κ1) is 16.5. The highest BCUT2D eigenvalue weighted by atomic mass is 16.6. The SMILES string of the molecule is C#C[C@]1(OC(C)=O)CC[C@H]2[C@H]3CCc4cc(O)ccc4[C@H]3CC[C@@]21C. The van der Waals surface area contributed by atoms with E-state index in [1.165, 1.54) is 18.1 Å². The molecule has 0 aromatic heterocycles. The maximum atomic E-state index is 11.7. The van der Waals surface area contributed by atoms with Crippen LogP contribution in [0.15, 0.2) is 18.2 Å². The van der Waals surface area contributed by atoms with Crippen LogP contribution in [0.4, 0.5) is 0 Å². The van der Waals surface area contributed by atoms with Gasteiger partial charge in [0.25, 0.3) is 0 Å². The molecule has 4 rings (SSSR count). The van der Waals surface area contributed by atoms with E-state index in [-0.39, 0.29) is 11.4 Å². The molecule has 1 N–H and O–H groups in total. The average molecular weight is 338 g/mol. The van der Waals surface area contributed by atoms with Gasteiger partial charge in [-0.15, -0.1) is 6.42 Å². The van der Waals surface area contributed by atoms with Gasteiger partial charge in [0, 0.05) is 12.3 Å². The minimum absolute atomic E-state index is 0.136. The first-order valence-electron chi connectivity index (χ1n) is 9.39. The second kappa shape index (κ2) is 5.53. The molecule has 25 heavy (non-hydrogen) atoms. The second-order valence-corrected chi connectivity index (χ2v) is 8.36. The van der Waals surface area contributed by atoms with Crippen molar-refractivity contribution < 1.29 is 14.6 Å². The van der Waals surface area contributed by atoms with Gasteiger partial charge in [-0.25, -0.2) is 0 Å². The first-order valence-corrected chi connectivity index (χ1v) is 9.39. The third-order valence-electron chi connectivity index (χ3n) is 7.38. The van der Waals surface area contributed by atoms with Crippen molar-refractivity contribution >= 4 is 5.97 Å². The maximum Gasteiger partial charge on any atom is 0.304 e. The largest absolute Gasteiger partial charge is 0.508 e. The smallest absolute Gasteiger partial charge is 0.304 e. The zero-order valence-electron chi connectivity index (χ0n) is 15.0. The number of ether oxygens (including phenoxy) is 1. The monoisotopic (exact) mass is 338 g/mol. The van der Waals surface area contributed by atoms with Crippen molar-refractivity contribution in [3.63, 3.8) is 0 Å². The highest BCUT2D eigenvalue weighted by Crippen LogP contribution is 2.65. The zero-order chi connectivity index (χ0) is 17.8. The number of rotatable bonds is 1. The van der Waals surface area contributed by atoms with E-state index in [1.807, 2.05) is 12.1 Å². The number of fused-ring (bicyclic) bond motifs is 5. The van der Waals surface area contributed by atoms with Crippen LogP contribution in [0.5, 0.6) is 5.75 Å². The fraction of sp³-hybridized carbons (Fsp3) is 0.591. The lowest BCUT2D eigenvalue weighted by Crippen LogP contribution is -2.52. The molecule has 3 nitrogen and oxygen atoms in total. The van der Waals surface area contributed by atoms with Crippen molar-refractivity contribution in [2.45, 2.75) is 63.9 Å². The molecule has 0 spiro atoms. The van der Waals surface area contributed by atoms with Crippen molar-refractivity contribution in [3.05, 3.63) is 29.3 Å². The maximum absolute atomic E-state index is 11.7. The first-order chi connectivity index (χ1) is 11.9. The molecule has 0 aliphatic heterocycles. The van der Waals surface area contributed by atoms with Crippen LogP contribution in [0.2, 0.25) is 0 Å². The predicted octanol–water partition coefficient (Wildman–Crippen LogP) is 4.18. The molecular formula is C22H26O3. The summed E-state index contributed by atoms with van der Waals surface area (Å²) in [7, 11) is 0. The van der Waals surface area contributed by atoms with E-state index in [0.29, 0.717) is 23.5 Å². The quantitative estimate of drug-likeness (QED) is 0.617. The molecule has 0 amide bonds. The summed E-state index contributed by atoms with van der Waals surface area (Å²) < 4.78 is 5.78. The molecule has 5 atom stereocenters. The Morgan fingerprint density at radius 3 is 2.84 bits per heavy atom. The fourth-order valence-electron chi connectivity index (χ4n) is 6.25. The fourth-order valence-corrected chi connectivity index (χ4v) is 6.25. The molecule has 2 saturated carbocycles. The highest BCUT2D eigenvalue weighted by Gasteiger charge is 2.63. The number of carbonyl (C=O) groups excluding carboxylic acids is 1. The number of carbonyl (C=O) groups is 1. The van der Waals surface area contributed by atoms with Gasteiger partial charge in [-0.05, 0) is 79.5 Å². The summed E-state index contributed by atoms with van der Waals surface area (Å²) in [6.07, 6.45) is 11.9. The van der Waals surface area contributed by atoms with Crippen molar-refractivity contribution in [3.8, 4) is 18.1 Å². The van der Waals surface area contributed by atoms with Gasteiger partial charge < -0.3 is 9.84 Å². The summed E-state index contributed by atoms with van der Waals surface area (Å²) >= 11 is 0. The number of aromatic hydroxyl groups is 1. The number of phenolic OH excluding ortho intramolecular Hbond substituents is 1. The number of aryl methyl sites for hydroxylation is 1. The van der Waals surface area contributed by atoms with Crippen LogP contribution in [0.3, 0.4) is 0 Å². The molecule has 3 heteroatoms. The Morgan fingerprint density at radius 2 is 2.12 bits per heavy atom. The van der Waals surface area contributed by atoms with Crippen LogP contribution in [0, 0.1) is 29.6 Å².